The zero-order chi connectivity index (χ0) is 18.9. The summed E-state index contributed by atoms with van der Waals surface area (Å²) in [5.74, 6) is -1.63. The van der Waals surface area contributed by atoms with Gasteiger partial charge in [0, 0.05) is 23.7 Å². The van der Waals surface area contributed by atoms with E-state index in [4.69, 9.17) is 4.52 Å². The molecule has 0 saturated carbocycles. The number of carbonyl (C=O) groups excluding carboxylic acids is 1. The quantitative estimate of drug-likeness (QED) is 0.735. The third-order valence-electron chi connectivity index (χ3n) is 3.39. The first-order chi connectivity index (χ1) is 12.2. The molecule has 0 saturated heterocycles. The van der Waals surface area contributed by atoms with Gasteiger partial charge in [-0.15, -0.1) is 0 Å². The Kier molecular flexibility index (Phi) is 4.45. The highest BCUT2D eigenvalue weighted by molar-refractivity contribution is 5.92. The lowest BCUT2D eigenvalue weighted by Gasteiger charge is -2.07. The molecule has 2 N–H and O–H groups in total. The van der Waals surface area contributed by atoms with Crippen molar-refractivity contribution in [2.24, 2.45) is 0 Å². The highest BCUT2D eigenvalue weighted by Gasteiger charge is 2.35. The number of alkyl halides is 3. The molecule has 0 aliphatic rings. The predicted octanol–water partition coefficient (Wildman–Crippen LogP) is 2.67. The smallest absolute Gasteiger partial charge is 0.340 e. The van der Waals surface area contributed by atoms with Crippen LogP contribution in [-0.2, 0) is 6.18 Å². The summed E-state index contributed by atoms with van der Waals surface area (Å²) in [6, 6.07) is 2.74. The molecule has 8 nitrogen and oxygen atoms in total. The number of carbonyl (C=O) groups is 1. The van der Waals surface area contributed by atoms with E-state index in [0.29, 0.717) is 11.4 Å². The number of imidazole rings is 1. The molecular formula is C15H13F3N6O2. The Hall–Kier alpha value is -3.24. The molecule has 1 atom stereocenters. The van der Waals surface area contributed by atoms with Gasteiger partial charge in [-0.05, 0) is 26.0 Å². The normalized spacial score (nSPS) is 12.8. The number of hydrogen-bond acceptors (Lipinski definition) is 6. The van der Waals surface area contributed by atoms with E-state index in [0.717, 1.165) is 11.9 Å². The van der Waals surface area contributed by atoms with Crippen molar-refractivity contribution in [2.45, 2.75) is 26.1 Å². The molecule has 26 heavy (non-hydrogen) atoms. The fourth-order valence-corrected chi connectivity index (χ4v) is 2.13. The standard InChI is InChI=1S/C15H13F3N6O2/c1-7-5-9(3-4-19-7)11-23-13(26-24-11)8(2)21-12(25)10-6-20-14(22-10)15(16,17)18/h3-6,8H,1-2H3,(H,20,22)(H,21,25)/t8-/m0/s1. The van der Waals surface area contributed by atoms with E-state index in [1.54, 1.807) is 25.3 Å². The molecule has 1 amide bonds. The van der Waals surface area contributed by atoms with Crippen LogP contribution < -0.4 is 5.32 Å². The van der Waals surface area contributed by atoms with Crippen molar-refractivity contribution in [3.8, 4) is 11.4 Å². The Bertz CT molecular complexity index is 933. The minimum absolute atomic E-state index is 0.106. The van der Waals surface area contributed by atoms with Crippen LogP contribution >= 0.6 is 0 Å². The summed E-state index contributed by atoms with van der Waals surface area (Å²) in [7, 11) is 0. The first-order valence-electron chi connectivity index (χ1n) is 7.44. The number of rotatable bonds is 4. The van der Waals surface area contributed by atoms with Crippen molar-refractivity contribution in [2.75, 3.05) is 0 Å². The summed E-state index contributed by atoms with van der Waals surface area (Å²) >= 11 is 0. The largest absolute Gasteiger partial charge is 0.449 e. The first-order valence-corrected chi connectivity index (χ1v) is 7.44. The van der Waals surface area contributed by atoms with Crippen LogP contribution in [0.25, 0.3) is 11.4 Å². The number of halogens is 3. The van der Waals surface area contributed by atoms with Crippen LogP contribution in [0.4, 0.5) is 13.2 Å². The maximum atomic E-state index is 12.5. The zero-order valence-electron chi connectivity index (χ0n) is 13.6. The van der Waals surface area contributed by atoms with Gasteiger partial charge in [0.1, 0.15) is 11.7 Å². The molecule has 11 heteroatoms. The van der Waals surface area contributed by atoms with E-state index >= 15 is 0 Å². The Morgan fingerprint density at radius 3 is 2.77 bits per heavy atom. The second-order valence-electron chi connectivity index (χ2n) is 5.47. The lowest BCUT2D eigenvalue weighted by atomic mass is 10.2. The number of aromatic nitrogens is 5. The van der Waals surface area contributed by atoms with Crippen LogP contribution in [0.3, 0.4) is 0 Å². The van der Waals surface area contributed by atoms with Crippen LogP contribution in [0, 0.1) is 6.92 Å². The number of amides is 1. The van der Waals surface area contributed by atoms with Gasteiger partial charge in [-0.1, -0.05) is 5.16 Å². The molecule has 0 aromatic carbocycles. The van der Waals surface area contributed by atoms with Gasteiger partial charge in [0.05, 0.1) is 0 Å². The van der Waals surface area contributed by atoms with Crippen LogP contribution in [0.2, 0.25) is 0 Å². The van der Waals surface area contributed by atoms with Crippen LogP contribution in [0.1, 0.15) is 40.9 Å². The molecule has 3 heterocycles. The van der Waals surface area contributed by atoms with Crippen LogP contribution in [0.15, 0.2) is 29.0 Å². The van der Waals surface area contributed by atoms with E-state index in [-0.39, 0.29) is 5.89 Å². The predicted molar refractivity (Wildman–Crippen MR) is 81.7 cm³/mol. The summed E-state index contributed by atoms with van der Waals surface area (Å²) in [4.78, 5) is 25.4. The summed E-state index contributed by atoms with van der Waals surface area (Å²) in [6.07, 6.45) is -2.18. The number of nitrogens with zero attached hydrogens (tertiary/aromatic N) is 4. The maximum absolute atomic E-state index is 12.5. The van der Waals surface area contributed by atoms with Crippen molar-refractivity contribution < 1.29 is 22.5 Å². The third-order valence-corrected chi connectivity index (χ3v) is 3.39. The molecular weight excluding hydrogens is 353 g/mol. The van der Waals surface area contributed by atoms with E-state index in [9.17, 15) is 18.0 Å². The lowest BCUT2D eigenvalue weighted by molar-refractivity contribution is -0.144. The van der Waals surface area contributed by atoms with E-state index in [1.165, 1.54) is 0 Å². The minimum atomic E-state index is -4.66. The molecule has 0 bridgehead atoms. The average Bonchev–Trinajstić information content (AvgIpc) is 3.24. The topological polar surface area (TPSA) is 110 Å². The number of nitrogens with one attached hydrogen (secondary N) is 2. The van der Waals surface area contributed by atoms with Gasteiger partial charge < -0.3 is 14.8 Å². The van der Waals surface area contributed by atoms with Gasteiger partial charge in [0.2, 0.25) is 17.5 Å². The van der Waals surface area contributed by atoms with Crippen molar-refractivity contribution in [1.82, 2.24) is 30.4 Å². The van der Waals surface area contributed by atoms with Crippen molar-refractivity contribution >= 4 is 5.91 Å². The van der Waals surface area contributed by atoms with Crippen LogP contribution in [-0.4, -0.2) is 31.0 Å². The number of H-pyrrole nitrogens is 1. The second kappa shape index (κ2) is 6.58. The number of hydrogen-bond donors (Lipinski definition) is 2. The van der Waals surface area contributed by atoms with Crippen molar-refractivity contribution in [3.05, 3.63) is 47.6 Å². The molecule has 0 radical (unpaired) electrons. The first kappa shape index (κ1) is 17.6. The van der Waals surface area contributed by atoms with Gasteiger partial charge in [-0.2, -0.15) is 18.2 Å². The Morgan fingerprint density at radius 1 is 1.35 bits per heavy atom. The Balaban J connectivity index is 1.71. The fraction of sp³-hybridized carbons (Fsp3) is 0.267. The summed E-state index contributed by atoms with van der Waals surface area (Å²) in [6.45, 7) is 3.37. The third kappa shape index (κ3) is 3.71. The monoisotopic (exact) mass is 366 g/mol. The van der Waals surface area contributed by atoms with Crippen molar-refractivity contribution in [1.29, 1.82) is 0 Å². The van der Waals surface area contributed by atoms with E-state index < -0.39 is 29.6 Å². The van der Waals surface area contributed by atoms with Gasteiger partial charge in [-0.25, -0.2) is 4.98 Å². The van der Waals surface area contributed by atoms with Crippen molar-refractivity contribution in [3.63, 3.8) is 0 Å². The van der Waals surface area contributed by atoms with Gasteiger partial charge >= 0.3 is 6.18 Å². The maximum Gasteiger partial charge on any atom is 0.449 e. The van der Waals surface area contributed by atoms with Crippen LogP contribution in [0.5, 0.6) is 0 Å². The highest BCUT2D eigenvalue weighted by Crippen LogP contribution is 2.26. The number of pyridine rings is 1. The van der Waals surface area contributed by atoms with E-state index in [1.807, 2.05) is 11.9 Å². The molecule has 3 rings (SSSR count). The van der Waals surface area contributed by atoms with Gasteiger partial charge in [-0.3, -0.25) is 9.78 Å². The zero-order valence-corrected chi connectivity index (χ0v) is 13.6. The lowest BCUT2D eigenvalue weighted by Crippen LogP contribution is -2.27. The SMILES string of the molecule is Cc1cc(-c2noc([C@H](C)NC(=O)c3c[nH]c(C(F)(F)F)n3)n2)ccn1. The molecule has 0 aliphatic carbocycles. The molecule has 0 aliphatic heterocycles. The number of aryl methyl sites for hydroxylation is 1. The molecule has 3 aromatic rings. The average molecular weight is 366 g/mol. The Morgan fingerprint density at radius 2 is 2.12 bits per heavy atom. The minimum Gasteiger partial charge on any atom is -0.340 e. The van der Waals surface area contributed by atoms with E-state index in [2.05, 4.69) is 25.4 Å². The molecule has 0 unspecified atom stereocenters. The fourth-order valence-electron chi connectivity index (χ4n) is 2.13. The number of aromatic amines is 1. The molecule has 0 spiro atoms. The molecule has 136 valence electrons. The Labute approximate surface area is 144 Å². The van der Waals surface area contributed by atoms with Gasteiger partial charge in [0.25, 0.3) is 5.91 Å². The molecule has 0 fully saturated rings. The van der Waals surface area contributed by atoms with Gasteiger partial charge in [0.15, 0.2) is 0 Å². The second-order valence-corrected chi connectivity index (χ2v) is 5.47. The summed E-state index contributed by atoms with van der Waals surface area (Å²) in [5, 5.41) is 6.29. The molecule has 3 aromatic heterocycles. The highest BCUT2D eigenvalue weighted by atomic mass is 19.4. The summed E-state index contributed by atoms with van der Waals surface area (Å²) < 4.78 is 42.7. The summed E-state index contributed by atoms with van der Waals surface area (Å²) in [5.41, 5.74) is 1.07.